The second kappa shape index (κ2) is 6.59. The van der Waals surface area contributed by atoms with Crippen molar-refractivity contribution in [3.8, 4) is 0 Å². The van der Waals surface area contributed by atoms with Crippen LogP contribution >= 0.6 is 0 Å². The minimum absolute atomic E-state index is 0.370. The molecule has 20 heavy (non-hydrogen) atoms. The van der Waals surface area contributed by atoms with Crippen molar-refractivity contribution in [2.75, 3.05) is 38.6 Å². The lowest BCUT2D eigenvalue weighted by Crippen LogP contribution is -2.32. The smallest absolute Gasteiger partial charge is 0.0470 e. The average Bonchev–Trinajstić information content (AvgIpc) is 2.90. The third-order valence-corrected chi connectivity index (χ3v) is 4.66. The maximum Gasteiger partial charge on any atom is 0.0470 e. The lowest BCUT2D eigenvalue weighted by molar-refractivity contribution is 0.232. The summed E-state index contributed by atoms with van der Waals surface area (Å²) in [6.07, 6.45) is 1.31. The Morgan fingerprint density at radius 3 is 2.35 bits per heavy atom. The number of nitrogens with zero attached hydrogens (tertiary/aromatic N) is 2. The molecule has 0 aliphatic carbocycles. The van der Waals surface area contributed by atoms with E-state index in [9.17, 15) is 0 Å². The molecule has 0 radical (unpaired) electrons. The molecule has 3 heteroatoms. The Balaban J connectivity index is 2.08. The van der Waals surface area contributed by atoms with Gasteiger partial charge in [-0.2, -0.15) is 0 Å². The zero-order valence-corrected chi connectivity index (χ0v) is 13.3. The largest absolute Gasteiger partial charge is 0.378 e. The summed E-state index contributed by atoms with van der Waals surface area (Å²) in [6, 6.07) is 9.21. The summed E-state index contributed by atoms with van der Waals surface area (Å²) in [4.78, 5) is 4.70. The van der Waals surface area contributed by atoms with Gasteiger partial charge in [0.2, 0.25) is 0 Å². The maximum atomic E-state index is 6.05. The highest BCUT2D eigenvalue weighted by Gasteiger charge is 2.29. The minimum atomic E-state index is 0.370. The highest BCUT2D eigenvalue weighted by atomic mass is 15.2. The molecule has 1 aliphatic heterocycles. The first-order valence-electron chi connectivity index (χ1n) is 7.74. The molecule has 3 nitrogen and oxygen atoms in total. The van der Waals surface area contributed by atoms with Crippen LogP contribution in [0.25, 0.3) is 0 Å². The summed E-state index contributed by atoms with van der Waals surface area (Å²) in [5, 5.41) is 0. The van der Waals surface area contributed by atoms with Gasteiger partial charge in [0, 0.05) is 38.9 Å². The van der Waals surface area contributed by atoms with Crippen LogP contribution < -0.4 is 10.6 Å². The molecule has 1 saturated heterocycles. The van der Waals surface area contributed by atoms with Gasteiger partial charge in [-0.15, -0.1) is 0 Å². The van der Waals surface area contributed by atoms with Crippen LogP contribution in [0.2, 0.25) is 0 Å². The molecule has 0 amide bonds. The van der Waals surface area contributed by atoms with Gasteiger partial charge < -0.3 is 10.6 Å². The van der Waals surface area contributed by atoms with Crippen molar-refractivity contribution < 1.29 is 0 Å². The van der Waals surface area contributed by atoms with Crippen molar-refractivity contribution in [2.24, 2.45) is 17.6 Å². The summed E-state index contributed by atoms with van der Waals surface area (Å²) in [5.74, 6) is 1.60. The zero-order chi connectivity index (χ0) is 14.7. The fourth-order valence-corrected chi connectivity index (χ4v) is 3.13. The Hall–Kier alpha value is -1.06. The van der Waals surface area contributed by atoms with Crippen molar-refractivity contribution in [1.29, 1.82) is 0 Å². The van der Waals surface area contributed by atoms with Crippen molar-refractivity contribution >= 4 is 5.69 Å². The first-order chi connectivity index (χ1) is 9.52. The highest BCUT2D eigenvalue weighted by molar-refractivity contribution is 5.46. The summed E-state index contributed by atoms with van der Waals surface area (Å²) in [5.41, 5.74) is 8.64. The topological polar surface area (TPSA) is 32.5 Å². The third-order valence-electron chi connectivity index (χ3n) is 4.66. The Morgan fingerprint density at radius 1 is 1.25 bits per heavy atom. The lowest BCUT2D eigenvalue weighted by atomic mass is 9.95. The zero-order valence-electron chi connectivity index (χ0n) is 13.3. The summed E-state index contributed by atoms with van der Waals surface area (Å²) >= 11 is 0. The molecule has 2 N–H and O–H groups in total. The van der Waals surface area contributed by atoms with E-state index < -0.39 is 0 Å². The van der Waals surface area contributed by atoms with E-state index in [4.69, 9.17) is 5.73 Å². The molecule has 1 fully saturated rings. The van der Waals surface area contributed by atoms with E-state index in [-0.39, 0.29) is 0 Å². The number of anilines is 1. The van der Waals surface area contributed by atoms with Crippen LogP contribution in [0.1, 0.15) is 31.9 Å². The van der Waals surface area contributed by atoms with Crippen LogP contribution in [0.4, 0.5) is 5.69 Å². The third kappa shape index (κ3) is 3.33. The Kier molecular flexibility index (Phi) is 5.06. The van der Waals surface area contributed by atoms with E-state index in [0.717, 1.165) is 11.8 Å². The fourth-order valence-electron chi connectivity index (χ4n) is 3.13. The summed E-state index contributed by atoms with van der Waals surface area (Å²) in [6.45, 7) is 7.73. The van der Waals surface area contributed by atoms with Gasteiger partial charge in [-0.25, -0.2) is 0 Å². The predicted octanol–water partition coefficient (Wildman–Crippen LogP) is 2.73. The molecule has 2 atom stereocenters. The lowest BCUT2D eigenvalue weighted by Gasteiger charge is -2.28. The van der Waals surface area contributed by atoms with Crippen molar-refractivity contribution in [1.82, 2.24) is 4.90 Å². The van der Waals surface area contributed by atoms with E-state index in [2.05, 4.69) is 62.0 Å². The van der Waals surface area contributed by atoms with Gasteiger partial charge in [0.15, 0.2) is 0 Å². The first-order valence-corrected chi connectivity index (χ1v) is 7.74. The molecule has 1 aromatic rings. The Labute approximate surface area is 123 Å². The molecule has 2 rings (SSSR count). The normalized spacial score (nSPS) is 21.4. The number of hydrogen-bond acceptors (Lipinski definition) is 3. The van der Waals surface area contributed by atoms with Crippen LogP contribution in [0.3, 0.4) is 0 Å². The molecular weight excluding hydrogens is 246 g/mol. The predicted molar refractivity (Wildman–Crippen MR) is 87.1 cm³/mol. The van der Waals surface area contributed by atoms with Crippen molar-refractivity contribution in [2.45, 2.75) is 26.3 Å². The number of hydrogen-bond donors (Lipinski definition) is 1. The van der Waals surface area contributed by atoms with Gasteiger partial charge in [0.05, 0.1) is 0 Å². The second-order valence-electron chi connectivity index (χ2n) is 6.53. The van der Waals surface area contributed by atoms with E-state index in [0.29, 0.717) is 12.6 Å². The molecule has 0 bridgehead atoms. The molecule has 0 saturated carbocycles. The Bertz CT molecular complexity index is 411. The number of benzene rings is 1. The van der Waals surface area contributed by atoms with Gasteiger partial charge in [-0.1, -0.05) is 26.0 Å². The number of likely N-dealkylation sites (tertiary alicyclic amines) is 1. The van der Waals surface area contributed by atoms with Gasteiger partial charge in [0.1, 0.15) is 0 Å². The average molecular weight is 275 g/mol. The molecule has 2 unspecified atom stereocenters. The van der Waals surface area contributed by atoms with Crippen LogP contribution in [-0.4, -0.2) is 38.6 Å². The van der Waals surface area contributed by atoms with Gasteiger partial charge in [-0.05, 0) is 42.5 Å². The Morgan fingerprint density at radius 2 is 1.90 bits per heavy atom. The molecule has 1 heterocycles. The van der Waals surface area contributed by atoms with Crippen molar-refractivity contribution in [3.63, 3.8) is 0 Å². The van der Waals surface area contributed by atoms with Crippen LogP contribution in [0.15, 0.2) is 24.3 Å². The van der Waals surface area contributed by atoms with Crippen LogP contribution in [0, 0.1) is 11.8 Å². The number of nitrogens with two attached hydrogens (primary N) is 1. The first kappa shape index (κ1) is 15.3. The maximum absolute atomic E-state index is 6.05. The second-order valence-corrected chi connectivity index (χ2v) is 6.53. The van der Waals surface area contributed by atoms with E-state index in [1.54, 1.807) is 0 Å². The summed E-state index contributed by atoms with van der Waals surface area (Å²) in [7, 11) is 4.15. The van der Waals surface area contributed by atoms with E-state index in [1.807, 2.05) is 0 Å². The van der Waals surface area contributed by atoms with Crippen LogP contribution in [-0.2, 0) is 0 Å². The highest BCUT2D eigenvalue weighted by Crippen LogP contribution is 2.31. The molecule has 0 spiro atoms. The molecule has 0 aromatic heterocycles. The molecular formula is C17H29N3. The van der Waals surface area contributed by atoms with Gasteiger partial charge in [-0.3, -0.25) is 4.90 Å². The van der Waals surface area contributed by atoms with Gasteiger partial charge >= 0.3 is 0 Å². The number of rotatable bonds is 5. The minimum Gasteiger partial charge on any atom is -0.378 e. The van der Waals surface area contributed by atoms with Crippen LogP contribution in [0.5, 0.6) is 0 Å². The quantitative estimate of drug-likeness (QED) is 0.897. The monoisotopic (exact) mass is 275 g/mol. The molecule has 1 aromatic carbocycles. The standard InChI is InChI=1S/C17H29N3/c1-13(2)15-9-10-20(12-15)17(11-18)14-5-7-16(8-6-14)19(3)4/h5-8,13,15,17H,9-12,18H2,1-4H3. The fraction of sp³-hybridized carbons (Fsp3) is 0.647. The van der Waals surface area contributed by atoms with E-state index >= 15 is 0 Å². The summed E-state index contributed by atoms with van der Waals surface area (Å²) < 4.78 is 0. The SMILES string of the molecule is CC(C)C1CCN(C(CN)c2ccc(N(C)C)cc2)C1. The van der Waals surface area contributed by atoms with E-state index in [1.165, 1.54) is 30.8 Å². The van der Waals surface area contributed by atoms with Gasteiger partial charge in [0.25, 0.3) is 0 Å². The van der Waals surface area contributed by atoms with Crippen molar-refractivity contribution in [3.05, 3.63) is 29.8 Å². The molecule has 112 valence electrons. The molecule has 1 aliphatic rings.